The third-order valence-corrected chi connectivity index (χ3v) is 4.51. The molecular weight excluding hydrogens is 375 g/mol. The lowest BCUT2D eigenvalue weighted by atomic mass is 10.1. The summed E-state index contributed by atoms with van der Waals surface area (Å²) in [7, 11) is 0. The first-order valence-electron chi connectivity index (χ1n) is 8.15. The van der Waals surface area contributed by atoms with Crippen molar-refractivity contribution in [3.8, 4) is 11.3 Å². The quantitative estimate of drug-likeness (QED) is 0.568. The van der Waals surface area contributed by atoms with E-state index in [1.165, 1.54) is 23.5 Å². The zero-order valence-corrected chi connectivity index (χ0v) is 15.1. The summed E-state index contributed by atoms with van der Waals surface area (Å²) in [6, 6.07) is 12.1. The molecule has 0 saturated carbocycles. The number of hydrogen-bond acceptors (Lipinski definition) is 4. The number of halogens is 3. The van der Waals surface area contributed by atoms with E-state index in [9.17, 15) is 18.0 Å². The van der Waals surface area contributed by atoms with E-state index in [2.05, 4.69) is 15.6 Å². The molecule has 0 aliphatic carbocycles. The van der Waals surface area contributed by atoms with Crippen LogP contribution in [0.25, 0.3) is 11.3 Å². The summed E-state index contributed by atoms with van der Waals surface area (Å²) in [6.45, 7) is 1.78. The predicted molar refractivity (Wildman–Crippen MR) is 101 cm³/mol. The maximum Gasteiger partial charge on any atom is 0.416 e. The Morgan fingerprint density at radius 2 is 1.67 bits per heavy atom. The molecule has 140 valence electrons. The van der Waals surface area contributed by atoms with Gasteiger partial charge in [0.1, 0.15) is 0 Å². The van der Waals surface area contributed by atoms with Crippen LogP contribution < -0.4 is 10.6 Å². The largest absolute Gasteiger partial charge is 0.416 e. The van der Waals surface area contributed by atoms with E-state index in [1.54, 1.807) is 24.4 Å². The van der Waals surface area contributed by atoms with Crippen molar-refractivity contribution in [3.05, 3.63) is 59.5 Å². The highest BCUT2D eigenvalue weighted by Crippen LogP contribution is 2.32. The van der Waals surface area contributed by atoms with Gasteiger partial charge < -0.3 is 10.6 Å². The van der Waals surface area contributed by atoms with Crippen molar-refractivity contribution in [3.63, 3.8) is 0 Å². The number of benzene rings is 2. The summed E-state index contributed by atoms with van der Waals surface area (Å²) < 4.78 is 37.9. The van der Waals surface area contributed by atoms with Crippen molar-refractivity contribution in [2.45, 2.75) is 19.5 Å². The second kappa shape index (κ2) is 7.79. The number of thiazole rings is 1. The first-order chi connectivity index (χ1) is 12.8. The summed E-state index contributed by atoms with van der Waals surface area (Å²) in [6.07, 6.45) is -3.94. The highest BCUT2D eigenvalue weighted by molar-refractivity contribution is 7.14. The molecule has 0 fully saturated rings. The van der Waals surface area contributed by atoms with Crippen LogP contribution in [0.4, 0.5) is 29.7 Å². The second-order valence-electron chi connectivity index (χ2n) is 5.72. The Morgan fingerprint density at radius 1 is 1.04 bits per heavy atom. The van der Waals surface area contributed by atoms with Crippen molar-refractivity contribution in [2.24, 2.45) is 0 Å². The smallest absolute Gasteiger partial charge is 0.332 e. The van der Waals surface area contributed by atoms with E-state index in [1.807, 2.05) is 12.1 Å². The number of hydrogen-bond donors (Lipinski definition) is 2. The monoisotopic (exact) mass is 391 g/mol. The van der Waals surface area contributed by atoms with Gasteiger partial charge in [-0.15, -0.1) is 11.3 Å². The van der Waals surface area contributed by atoms with Gasteiger partial charge in [0.05, 0.1) is 11.3 Å². The lowest BCUT2D eigenvalue weighted by Gasteiger charge is -2.07. The Hall–Kier alpha value is -2.87. The van der Waals surface area contributed by atoms with Crippen LogP contribution in [-0.2, 0) is 11.0 Å². The summed E-state index contributed by atoms with van der Waals surface area (Å²) in [5.41, 5.74) is 2.03. The van der Waals surface area contributed by atoms with Crippen LogP contribution >= 0.6 is 11.3 Å². The molecule has 2 N–H and O–H groups in total. The van der Waals surface area contributed by atoms with E-state index in [0.29, 0.717) is 28.5 Å². The molecule has 8 heteroatoms. The fourth-order valence-electron chi connectivity index (χ4n) is 2.30. The van der Waals surface area contributed by atoms with Gasteiger partial charge in [0, 0.05) is 28.7 Å². The van der Waals surface area contributed by atoms with Crippen LogP contribution in [-0.4, -0.2) is 10.9 Å². The zero-order valence-electron chi connectivity index (χ0n) is 14.3. The van der Waals surface area contributed by atoms with E-state index in [0.717, 1.165) is 17.8 Å². The minimum Gasteiger partial charge on any atom is -0.332 e. The molecule has 0 aliphatic rings. The number of amides is 1. The van der Waals surface area contributed by atoms with Gasteiger partial charge in [0.2, 0.25) is 5.91 Å². The molecule has 0 bridgehead atoms. The van der Waals surface area contributed by atoms with Crippen molar-refractivity contribution < 1.29 is 18.0 Å². The van der Waals surface area contributed by atoms with Gasteiger partial charge in [-0.3, -0.25) is 4.79 Å². The second-order valence-corrected chi connectivity index (χ2v) is 6.58. The van der Waals surface area contributed by atoms with Crippen molar-refractivity contribution in [1.29, 1.82) is 0 Å². The number of carbonyl (C=O) groups excluding carboxylic acids is 1. The number of aromatic nitrogens is 1. The molecular formula is C19H16F3N3OS. The standard InChI is InChI=1S/C19H16F3N3OS/c1-2-17(26)23-14-7-9-15(10-8-14)24-18-25-16(11-27-18)12-3-5-13(6-4-12)19(20,21)22/h3-11H,2H2,1H3,(H,23,26)(H,24,25). The Balaban J connectivity index is 1.68. The fourth-order valence-corrected chi connectivity index (χ4v) is 3.04. The number of nitrogens with one attached hydrogen (secondary N) is 2. The molecule has 4 nitrogen and oxygen atoms in total. The predicted octanol–water partition coefficient (Wildman–Crippen LogP) is 5.92. The van der Waals surface area contributed by atoms with E-state index < -0.39 is 11.7 Å². The Morgan fingerprint density at radius 3 is 2.26 bits per heavy atom. The van der Waals surface area contributed by atoms with Crippen molar-refractivity contribution in [1.82, 2.24) is 4.98 Å². The molecule has 0 saturated heterocycles. The lowest BCUT2D eigenvalue weighted by molar-refractivity contribution is -0.137. The SMILES string of the molecule is CCC(=O)Nc1ccc(Nc2nc(-c3ccc(C(F)(F)F)cc3)cs2)cc1. The summed E-state index contributed by atoms with van der Waals surface area (Å²) >= 11 is 1.35. The van der Waals surface area contributed by atoms with Crippen LogP contribution in [0.2, 0.25) is 0 Å². The van der Waals surface area contributed by atoms with Crippen LogP contribution in [0.3, 0.4) is 0 Å². The third-order valence-electron chi connectivity index (χ3n) is 3.75. The van der Waals surface area contributed by atoms with E-state index >= 15 is 0 Å². The molecule has 3 aromatic rings. The molecule has 0 spiro atoms. The van der Waals surface area contributed by atoms with E-state index in [-0.39, 0.29) is 5.91 Å². The summed E-state index contributed by atoms with van der Waals surface area (Å²) in [5, 5.41) is 8.30. The van der Waals surface area contributed by atoms with E-state index in [4.69, 9.17) is 0 Å². The average Bonchev–Trinajstić information content (AvgIpc) is 3.11. The van der Waals surface area contributed by atoms with Gasteiger partial charge in [-0.05, 0) is 36.4 Å². The van der Waals surface area contributed by atoms with Gasteiger partial charge in [-0.1, -0.05) is 19.1 Å². The molecule has 2 aromatic carbocycles. The maximum atomic E-state index is 12.6. The lowest BCUT2D eigenvalue weighted by Crippen LogP contribution is -2.09. The number of alkyl halides is 3. The van der Waals surface area contributed by atoms with Crippen LogP contribution in [0.5, 0.6) is 0 Å². The molecule has 0 radical (unpaired) electrons. The number of rotatable bonds is 5. The molecule has 27 heavy (non-hydrogen) atoms. The number of carbonyl (C=O) groups is 1. The topological polar surface area (TPSA) is 54.0 Å². The highest BCUT2D eigenvalue weighted by atomic mass is 32.1. The molecule has 1 aromatic heterocycles. The van der Waals surface area contributed by atoms with Gasteiger partial charge in [-0.25, -0.2) is 4.98 Å². The number of anilines is 3. The Labute approximate surface area is 158 Å². The highest BCUT2D eigenvalue weighted by Gasteiger charge is 2.30. The molecule has 0 atom stereocenters. The average molecular weight is 391 g/mol. The third kappa shape index (κ3) is 4.85. The maximum absolute atomic E-state index is 12.6. The van der Waals surface area contributed by atoms with Crippen molar-refractivity contribution >= 4 is 33.8 Å². The van der Waals surface area contributed by atoms with Crippen LogP contribution in [0.1, 0.15) is 18.9 Å². The van der Waals surface area contributed by atoms with Crippen LogP contribution in [0.15, 0.2) is 53.9 Å². The molecule has 1 amide bonds. The fraction of sp³-hybridized carbons (Fsp3) is 0.158. The van der Waals surface area contributed by atoms with Gasteiger partial charge in [0.15, 0.2) is 5.13 Å². The molecule has 1 heterocycles. The first-order valence-corrected chi connectivity index (χ1v) is 9.03. The Kier molecular flexibility index (Phi) is 5.46. The Bertz CT molecular complexity index is 919. The summed E-state index contributed by atoms with van der Waals surface area (Å²) in [4.78, 5) is 15.8. The van der Waals surface area contributed by atoms with Gasteiger partial charge in [-0.2, -0.15) is 13.2 Å². The van der Waals surface area contributed by atoms with Crippen molar-refractivity contribution in [2.75, 3.05) is 10.6 Å². The normalized spacial score (nSPS) is 11.3. The minimum atomic E-state index is -4.35. The molecule has 3 rings (SSSR count). The minimum absolute atomic E-state index is 0.0585. The van der Waals surface area contributed by atoms with Gasteiger partial charge in [0.25, 0.3) is 0 Å². The first kappa shape index (κ1) is 18.9. The summed E-state index contributed by atoms with van der Waals surface area (Å²) in [5.74, 6) is -0.0585. The molecule has 0 unspecified atom stereocenters. The number of nitrogens with zero attached hydrogens (tertiary/aromatic N) is 1. The molecule has 0 aliphatic heterocycles. The van der Waals surface area contributed by atoms with Gasteiger partial charge >= 0.3 is 6.18 Å². The zero-order chi connectivity index (χ0) is 19.4. The van der Waals surface area contributed by atoms with Crippen LogP contribution in [0, 0.1) is 0 Å².